The Labute approximate surface area is 162 Å². The Morgan fingerprint density at radius 1 is 1.18 bits per heavy atom. The minimum atomic E-state index is -0.625. The lowest BCUT2D eigenvalue weighted by Gasteiger charge is -2.24. The number of rotatable bonds is 5. The van der Waals surface area contributed by atoms with Crippen LogP contribution in [0.4, 0.5) is 5.69 Å². The molecular formula is C20H22N6O2. The smallest absolute Gasteiger partial charge is 0.272 e. The molecule has 8 heteroatoms. The summed E-state index contributed by atoms with van der Waals surface area (Å²) >= 11 is 0. The molecule has 0 unspecified atom stereocenters. The normalized spacial score (nSPS) is 13.8. The highest BCUT2D eigenvalue weighted by Crippen LogP contribution is 2.25. The fourth-order valence-electron chi connectivity index (χ4n) is 3.66. The Morgan fingerprint density at radius 2 is 1.93 bits per heavy atom. The van der Waals surface area contributed by atoms with Crippen molar-refractivity contribution < 1.29 is 9.59 Å². The summed E-state index contributed by atoms with van der Waals surface area (Å²) in [5.41, 5.74) is 8.44. The number of benzene rings is 1. The Morgan fingerprint density at radius 3 is 2.68 bits per heavy atom. The quantitative estimate of drug-likeness (QED) is 0.729. The molecule has 1 aromatic carbocycles. The van der Waals surface area contributed by atoms with Crippen molar-refractivity contribution in [2.75, 3.05) is 25.0 Å². The third-order valence-corrected chi connectivity index (χ3v) is 5.08. The molecule has 1 aliphatic heterocycles. The van der Waals surface area contributed by atoms with Crippen molar-refractivity contribution in [2.24, 2.45) is 5.73 Å². The van der Waals surface area contributed by atoms with Crippen molar-refractivity contribution in [3.8, 4) is 0 Å². The Hall–Kier alpha value is -3.42. The van der Waals surface area contributed by atoms with E-state index in [-0.39, 0.29) is 17.1 Å². The van der Waals surface area contributed by atoms with Crippen LogP contribution < -0.4 is 10.6 Å². The molecule has 2 amide bonds. The molecule has 0 bridgehead atoms. The van der Waals surface area contributed by atoms with Gasteiger partial charge in [0, 0.05) is 38.6 Å². The molecule has 28 heavy (non-hydrogen) atoms. The summed E-state index contributed by atoms with van der Waals surface area (Å²) in [5, 5.41) is 4.13. The predicted octanol–water partition coefficient (Wildman–Crippen LogP) is 1.70. The fourth-order valence-corrected chi connectivity index (χ4v) is 3.66. The van der Waals surface area contributed by atoms with E-state index in [9.17, 15) is 9.59 Å². The van der Waals surface area contributed by atoms with Gasteiger partial charge < -0.3 is 15.5 Å². The minimum Gasteiger partial charge on any atom is -0.371 e. The van der Waals surface area contributed by atoms with Gasteiger partial charge in [-0.15, -0.1) is 0 Å². The van der Waals surface area contributed by atoms with Gasteiger partial charge in [0.25, 0.3) is 11.8 Å². The fraction of sp³-hybridized carbons (Fsp3) is 0.300. The van der Waals surface area contributed by atoms with Gasteiger partial charge >= 0.3 is 0 Å². The molecule has 1 saturated heterocycles. The molecule has 2 aromatic heterocycles. The summed E-state index contributed by atoms with van der Waals surface area (Å²) in [4.78, 5) is 32.8. The van der Waals surface area contributed by atoms with Crippen LogP contribution >= 0.6 is 0 Å². The number of para-hydroxylation sites is 1. The summed E-state index contributed by atoms with van der Waals surface area (Å²) in [6, 6.07) is 9.77. The Balaban J connectivity index is 1.62. The molecule has 4 rings (SSSR count). The largest absolute Gasteiger partial charge is 0.371 e. The van der Waals surface area contributed by atoms with Crippen LogP contribution in [0.1, 0.15) is 39.3 Å². The number of fused-ring (bicyclic) bond motifs is 1. The van der Waals surface area contributed by atoms with Gasteiger partial charge in [0.15, 0.2) is 5.65 Å². The highest BCUT2D eigenvalue weighted by molar-refractivity contribution is 5.99. The second-order valence-corrected chi connectivity index (χ2v) is 6.97. The van der Waals surface area contributed by atoms with Crippen molar-refractivity contribution in [1.29, 1.82) is 0 Å². The summed E-state index contributed by atoms with van der Waals surface area (Å²) in [6.07, 6.45) is 5.21. The van der Waals surface area contributed by atoms with E-state index in [4.69, 9.17) is 5.73 Å². The number of aromatic nitrogens is 3. The monoisotopic (exact) mass is 378 g/mol. The molecule has 0 spiro atoms. The van der Waals surface area contributed by atoms with E-state index in [1.165, 1.54) is 35.4 Å². The minimum absolute atomic E-state index is 0.191. The highest BCUT2D eigenvalue weighted by Gasteiger charge is 2.21. The zero-order valence-corrected chi connectivity index (χ0v) is 15.7. The maximum atomic E-state index is 13.1. The summed E-state index contributed by atoms with van der Waals surface area (Å²) in [7, 11) is 1.76. The number of hydrogen-bond acceptors (Lipinski definition) is 5. The Bertz CT molecular complexity index is 1040. The van der Waals surface area contributed by atoms with E-state index in [1.54, 1.807) is 18.0 Å². The van der Waals surface area contributed by atoms with E-state index < -0.39 is 5.91 Å². The molecule has 0 radical (unpaired) electrons. The van der Waals surface area contributed by atoms with Gasteiger partial charge in [-0.25, -0.2) is 9.50 Å². The van der Waals surface area contributed by atoms with Gasteiger partial charge in [-0.2, -0.15) is 5.10 Å². The van der Waals surface area contributed by atoms with Gasteiger partial charge in [0.1, 0.15) is 11.3 Å². The first kappa shape index (κ1) is 18.0. The van der Waals surface area contributed by atoms with Crippen molar-refractivity contribution in [3.05, 3.63) is 59.5 Å². The van der Waals surface area contributed by atoms with Gasteiger partial charge in [0.2, 0.25) is 0 Å². The average molecular weight is 378 g/mol. The van der Waals surface area contributed by atoms with E-state index in [2.05, 4.69) is 27.1 Å². The highest BCUT2D eigenvalue weighted by atomic mass is 16.2. The first-order valence-electron chi connectivity index (χ1n) is 9.27. The number of nitrogens with zero attached hydrogens (tertiary/aromatic N) is 5. The molecule has 0 atom stereocenters. The third-order valence-electron chi connectivity index (χ3n) is 5.08. The maximum absolute atomic E-state index is 13.1. The second kappa shape index (κ2) is 7.30. The molecule has 3 heterocycles. The van der Waals surface area contributed by atoms with Crippen molar-refractivity contribution >= 4 is 23.1 Å². The lowest BCUT2D eigenvalue weighted by Crippen LogP contribution is -2.29. The predicted molar refractivity (Wildman–Crippen MR) is 105 cm³/mol. The lowest BCUT2D eigenvalue weighted by atomic mass is 10.1. The van der Waals surface area contributed by atoms with Crippen LogP contribution in [0, 0.1) is 0 Å². The molecule has 1 fully saturated rings. The number of anilines is 1. The third kappa shape index (κ3) is 3.17. The van der Waals surface area contributed by atoms with Crippen LogP contribution in [0.15, 0.2) is 42.7 Å². The van der Waals surface area contributed by atoms with Crippen LogP contribution in [0.2, 0.25) is 0 Å². The Kier molecular flexibility index (Phi) is 4.68. The molecule has 0 saturated carbocycles. The van der Waals surface area contributed by atoms with Gasteiger partial charge in [0.05, 0.1) is 6.20 Å². The zero-order valence-electron chi connectivity index (χ0n) is 15.7. The number of hydrogen-bond donors (Lipinski definition) is 1. The van der Waals surface area contributed by atoms with Gasteiger partial charge in [-0.05, 0) is 30.5 Å². The van der Waals surface area contributed by atoms with Crippen molar-refractivity contribution in [1.82, 2.24) is 19.5 Å². The number of nitrogens with two attached hydrogens (primary N) is 1. The molecule has 2 N–H and O–H groups in total. The van der Waals surface area contributed by atoms with E-state index >= 15 is 0 Å². The molecule has 3 aromatic rings. The first-order chi connectivity index (χ1) is 13.6. The lowest BCUT2D eigenvalue weighted by molar-refractivity contribution is 0.0776. The molecular weight excluding hydrogens is 356 g/mol. The average Bonchev–Trinajstić information content (AvgIpc) is 3.37. The zero-order chi connectivity index (χ0) is 19.7. The van der Waals surface area contributed by atoms with Crippen molar-refractivity contribution in [2.45, 2.75) is 19.4 Å². The van der Waals surface area contributed by atoms with E-state index in [0.717, 1.165) is 18.7 Å². The maximum Gasteiger partial charge on any atom is 0.272 e. The SMILES string of the molecule is CN(Cc1ccccc1N1CCCC1)C(=O)c1ccnc2c(C(N)=O)cnn12. The molecule has 0 aliphatic carbocycles. The van der Waals surface area contributed by atoms with Crippen LogP contribution in [0.5, 0.6) is 0 Å². The standard InChI is InChI=1S/C20H22N6O2/c1-24(13-14-6-2-3-7-16(14)25-10-4-5-11-25)20(28)17-8-9-22-19-15(18(21)27)12-23-26(17)19/h2-3,6-9,12H,4-5,10-11,13H2,1H3,(H2,21,27). The topological polar surface area (TPSA) is 96.8 Å². The van der Waals surface area contributed by atoms with Crippen LogP contribution in [0.25, 0.3) is 5.65 Å². The molecule has 8 nitrogen and oxygen atoms in total. The summed E-state index contributed by atoms with van der Waals surface area (Å²) in [5.74, 6) is -0.831. The molecule has 1 aliphatic rings. The van der Waals surface area contributed by atoms with Crippen LogP contribution in [0.3, 0.4) is 0 Å². The number of primary amides is 1. The first-order valence-corrected chi connectivity index (χ1v) is 9.27. The summed E-state index contributed by atoms with van der Waals surface area (Å²) in [6.45, 7) is 2.56. The van der Waals surface area contributed by atoms with E-state index in [0.29, 0.717) is 12.2 Å². The number of amides is 2. The van der Waals surface area contributed by atoms with Gasteiger partial charge in [-0.1, -0.05) is 18.2 Å². The second-order valence-electron chi connectivity index (χ2n) is 6.97. The van der Waals surface area contributed by atoms with Crippen LogP contribution in [-0.4, -0.2) is 51.4 Å². The summed E-state index contributed by atoms with van der Waals surface area (Å²) < 4.78 is 1.37. The van der Waals surface area contributed by atoms with E-state index in [1.807, 2.05) is 12.1 Å². The van der Waals surface area contributed by atoms with Crippen LogP contribution in [-0.2, 0) is 6.54 Å². The van der Waals surface area contributed by atoms with Gasteiger partial charge in [-0.3, -0.25) is 9.59 Å². The number of carbonyl (C=O) groups is 2. The molecule has 144 valence electrons. The van der Waals surface area contributed by atoms with Crippen molar-refractivity contribution in [3.63, 3.8) is 0 Å². The number of carbonyl (C=O) groups excluding carboxylic acids is 2.